The highest BCUT2D eigenvalue weighted by molar-refractivity contribution is 6.33. The molecule has 0 spiro atoms. The van der Waals surface area contributed by atoms with Crippen LogP contribution in [0.1, 0.15) is 12.0 Å². The number of nitrogens with zero attached hydrogens (tertiary/aromatic N) is 1. The maximum Gasteiger partial charge on any atom is 0.319 e. The topological polar surface area (TPSA) is 61.4 Å². The monoisotopic (exact) mass is 357 g/mol. The molecule has 0 aromatic heterocycles. The summed E-state index contributed by atoms with van der Waals surface area (Å²) in [5.41, 5.74) is 2.62. The van der Waals surface area contributed by atoms with Crippen LogP contribution in [0.15, 0.2) is 48.5 Å². The van der Waals surface area contributed by atoms with E-state index in [1.165, 1.54) is 0 Å². The molecule has 0 bridgehead atoms. The van der Waals surface area contributed by atoms with E-state index in [4.69, 9.17) is 11.6 Å². The smallest absolute Gasteiger partial charge is 0.319 e. The van der Waals surface area contributed by atoms with Crippen molar-refractivity contribution in [1.29, 1.82) is 0 Å². The molecule has 1 aliphatic rings. The Bertz CT molecular complexity index is 776. The standard InChI is InChI=1S/C19H20ClN3O2/c1-13-6-8-15(9-7-13)23-12-14(10-18(23)24)11-21-19(25)22-17-5-3-2-4-16(17)20/h2-9,14H,10-12H2,1H3,(H2,21,22,25)/t14-/m1/s1. The van der Waals surface area contributed by atoms with E-state index in [9.17, 15) is 9.59 Å². The van der Waals surface area contributed by atoms with Crippen LogP contribution in [0, 0.1) is 12.8 Å². The molecule has 6 heteroatoms. The number of carbonyl (C=O) groups is 2. The molecule has 5 nitrogen and oxygen atoms in total. The second kappa shape index (κ2) is 7.57. The second-order valence-corrected chi connectivity index (χ2v) is 6.63. The van der Waals surface area contributed by atoms with Gasteiger partial charge in [-0.2, -0.15) is 0 Å². The summed E-state index contributed by atoms with van der Waals surface area (Å²) in [6.07, 6.45) is 0.431. The lowest BCUT2D eigenvalue weighted by Gasteiger charge is -2.17. The Balaban J connectivity index is 1.52. The number of benzene rings is 2. The zero-order valence-corrected chi connectivity index (χ0v) is 14.7. The molecule has 0 radical (unpaired) electrons. The van der Waals surface area contributed by atoms with Gasteiger partial charge in [-0.1, -0.05) is 41.4 Å². The molecule has 1 aliphatic heterocycles. The van der Waals surface area contributed by atoms with Crippen LogP contribution in [-0.4, -0.2) is 25.0 Å². The Morgan fingerprint density at radius 3 is 2.64 bits per heavy atom. The van der Waals surface area contributed by atoms with Crippen LogP contribution in [-0.2, 0) is 4.79 Å². The Morgan fingerprint density at radius 1 is 1.20 bits per heavy atom. The zero-order chi connectivity index (χ0) is 17.8. The van der Waals surface area contributed by atoms with Gasteiger partial charge in [0.05, 0.1) is 10.7 Å². The minimum absolute atomic E-state index is 0.0853. The third-order valence-electron chi connectivity index (χ3n) is 4.22. The molecule has 1 saturated heterocycles. The normalized spacial score (nSPS) is 16.8. The third-order valence-corrected chi connectivity index (χ3v) is 4.55. The first-order valence-electron chi connectivity index (χ1n) is 8.19. The van der Waals surface area contributed by atoms with Gasteiger partial charge in [0, 0.05) is 31.1 Å². The largest absolute Gasteiger partial charge is 0.338 e. The van der Waals surface area contributed by atoms with E-state index in [2.05, 4.69) is 10.6 Å². The number of hydrogen-bond acceptors (Lipinski definition) is 2. The van der Waals surface area contributed by atoms with Crippen molar-refractivity contribution >= 4 is 34.9 Å². The molecule has 0 unspecified atom stereocenters. The zero-order valence-electron chi connectivity index (χ0n) is 14.0. The summed E-state index contributed by atoms with van der Waals surface area (Å²) in [4.78, 5) is 26.0. The van der Waals surface area contributed by atoms with E-state index in [1.54, 1.807) is 29.2 Å². The van der Waals surface area contributed by atoms with Gasteiger partial charge in [0.25, 0.3) is 0 Å². The Kier molecular flexibility index (Phi) is 5.24. The van der Waals surface area contributed by atoms with Gasteiger partial charge in [-0.25, -0.2) is 4.79 Å². The molecular weight excluding hydrogens is 338 g/mol. The van der Waals surface area contributed by atoms with Gasteiger partial charge in [0.15, 0.2) is 0 Å². The first-order chi connectivity index (χ1) is 12.0. The van der Waals surface area contributed by atoms with Crippen molar-refractivity contribution in [3.8, 4) is 0 Å². The van der Waals surface area contributed by atoms with Gasteiger partial charge < -0.3 is 15.5 Å². The van der Waals surface area contributed by atoms with Gasteiger partial charge in [-0.05, 0) is 31.2 Å². The van der Waals surface area contributed by atoms with Crippen molar-refractivity contribution in [1.82, 2.24) is 5.32 Å². The van der Waals surface area contributed by atoms with Crippen LogP contribution < -0.4 is 15.5 Å². The SMILES string of the molecule is Cc1ccc(N2C[C@@H](CNC(=O)Nc3ccccc3Cl)CC2=O)cc1. The minimum atomic E-state index is -0.325. The molecule has 2 N–H and O–H groups in total. The summed E-state index contributed by atoms with van der Waals surface area (Å²) in [6.45, 7) is 3.05. The van der Waals surface area contributed by atoms with E-state index in [0.717, 1.165) is 11.3 Å². The molecule has 130 valence electrons. The second-order valence-electron chi connectivity index (χ2n) is 6.22. The van der Waals surface area contributed by atoms with Crippen LogP contribution in [0.5, 0.6) is 0 Å². The number of hydrogen-bond donors (Lipinski definition) is 2. The molecule has 3 rings (SSSR count). The molecule has 1 fully saturated rings. The lowest BCUT2D eigenvalue weighted by Crippen LogP contribution is -2.34. The van der Waals surface area contributed by atoms with E-state index in [0.29, 0.717) is 30.2 Å². The number of nitrogens with one attached hydrogen (secondary N) is 2. The number of carbonyl (C=O) groups excluding carboxylic acids is 2. The summed E-state index contributed by atoms with van der Waals surface area (Å²) >= 11 is 6.02. The van der Waals surface area contributed by atoms with Crippen LogP contribution in [0.4, 0.5) is 16.2 Å². The van der Waals surface area contributed by atoms with Gasteiger partial charge in [-0.3, -0.25) is 4.79 Å². The number of rotatable bonds is 4. The van der Waals surface area contributed by atoms with Crippen molar-refractivity contribution in [3.63, 3.8) is 0 Å². The van der Waals surface area contributed by atoms with Crippen LogP contribution >= 0.6 is 11.6 Å². The summed E-state index contributed by atoms with van der Waals surface area (Å²) in [6, 6.07) is 14.6. The van der Waals surface area contributed by atoms with Gasteiger partial charge in [-0.15, -0.1) is 0 Å². The number of anilines is 2. The molecule has 1 heterocycles. The van der Waals surface area contributed by atoms with Gasteiger partial charge >= 0.3 is 6.03 Å². The first kappa shape index (κ1) is 17.3. The summed E-state index contributed by atoms with van der Waals surface area (Å²) in [5.74, 6) is 0.174. The third kappa shape index (κ3) is 4.31. The van der Waals surface area contributed by atoms with Gasteiger partial charge in [0.2, 0.25) is 5.91 Å². The number of halogens is 1. The number of urea groups is 1. The molecule has 0 saturated carbocycles. The fraction of sp³-hybridized carbons (Fsp3) is 0.263. The molecule has 25 heavy (non-hydrogen) atoms. The number of amides is 3. The van der Waals surface area contributed by atoms with Crippen LogP contribution in [0.25, 0.3) is 0 Å². The highest BCUT2D eigenvalue weighted by Crippen LogP contribution is 2.25. The predicted molar refractivity (Wildman–Crippen MR) is 100 cm³/mol. The average Bonchev–Trinajstić information content (AvgIpc) is 2.97. The molecular formula is C19H20ClN3O2. The summed E-state index contributed by atoms with van der Waals surface area (Å²) in [7, 11) is 0. The lowest BCUT2D eigenvalue weighted by molar-refractivity contribution is -0.117. The highest BCUT2D eigenvalue weighted by atomic mass is 35.5. The molecule has 1 atom stereocenters. The highest BCUT2D eigenvalue weighted by Gasteiger charge is 2.30. The number of para-hydroxylation sites is 1. The van der Waals surface area contributed by atoms with Crippen LogP contribution in [0.2, 0.25) is 5.02 Å². The Morgan fingerprint density at radius 2 is 1.92 bits per heavy atom. The van der Waals surface area contributed by atoms with Crippen molar-refractivity contribution in [2.24, 2.45) is 5.92 Å². The fourth-order valence-corrected chi connectivity index (χ4v) is 3.04. The van der Waals surface area contributed by atoms with E-state index >= 15 is 0 Å². The molecule has 0 aliphatic carbocycles. The summed E-state index contributed by atoms with van der Waals surface area (Å²) < 4.78 is 0. The quantitative estimate of drug-likeness (QED) is 0.873. The van der Waals surface area contributed by atoms with E-state index < -0.39 is 0 Å². The lowest BCUT2D eigenvalue weighted by atomic mass is 10.1. The molecule has 3 amide bonds. The molecule has 2 aromatic rings. The van der Waals surface area contributed by atoms with Crippen LogP contribution in [0.3, 0.4) is 0 Å². The van der Waals surface area contributed by atoms with Crippen molar-refractivity contribution in [2.45, 2.75) is 13.3 Å². The Hall–Kier alpha value is -2.53. The first-order valence-corrected chi connectivity index (χ1v) is 8.57. The maximum absolute atomic E-state index is 12.2. The Labute approximate surface area is 152 Å². The van der Waals surface area contributed by atoms with Crippen molar-refractivity contribution in [3.05, 3.63) is 59.1 Å². The summed E-state index contributed by atoms with van der Waals surface area (Å²) in [5, 5.41) is 6.01. The molecule has 2 aromatic carbocycles. The van der Waals surface area contributed by atoms with Gasteiger partial charge in [0.1, 0.15) is 0 Å². The van der Waals surface area contributed by atoms with Crippen molar-refractivity contribution in [2.75, 3.05) is 23.3 Å². The average molecular weight is 358 g/mol. The fourth-order valence-electron chi connectivity index (χ4n) is 2.86. The van der Waals surface area contributed by atoms with Crippen molar-refractivity contribution < 1.29 is 9.59 Å². The predicted octanol–water partition coefficient (Wildman–Crippen LogP) is 3.82. The maximum atomic E-state index is 12.2. The number of aryl methyl sites for hydroxylation is 1. The van der Waals surface area contributed by atoms with E-state index in [-0.39, 0.29) is 17.9 Å². The minimum Gasteiger partial charge on any atom is -0.338 e. The van der Waals surface area contributed by atoms with E-state index in [1.807, 2.05) is 31.2 Å².